The van der Waals surface area contributed by atoms with E-state index in [4.69, 9.17) is 15.2 Å². The number of nitrogens with two attached hydrogens (primary N) is 1. The molecule has 2 unspecified atom stereocenters. The molecule has 1 aromatic heterocycles. The van der Waals surface area contributed by atoms with Gasteiger partial charge in [0.05, 0.1) is 17.5 Å². The fourth-order valence-electron chi connectivity index (χ4n) is 2.82. The molecule has 168 valence electrons. The first-order valence-corrected chi connectivity index (χ1v) is 9.98. The number of nitrogens with one attached hydrogen (secondary N) is 2. The Morgan fingerprint density at radius 2 is 1.77 bits per heavy atom. The molecular formula is C20H33N5O5. The molecule has 4 N–H and O–H groups in total. The lowest BCUT2D eigenvalue weighted by molar-refractivity contribution is -0.169. The number of esters is 2. The minimum atomic E-state index is -0.694. The molecule has 0 aliphatic carbocycles. The zero-order valence-electron chi connectivity index (χ0n) is 18.8. The van der Waals surface area contributed by atoms with Gasteiger partial charge in [-0.15, -0.1) is 0 Å². The van der Waals surface area contributed by atoms with E-state index in [0.717, 1.165) is 0 Å². The number of hydrogen-bond acceptors (Lipinski definition) is 9. The van der Waals surface area contributed by atoms with Crippen LogP contribution in [0.5, 0.6) is 0 Å². The maximum absolute atomic E-state index is 12.4. The Hall–Kier alpha value is -2.78. The van der Waals surface area contributed by atoms with E-state index >= 15 is 0 Å². The molecule has 10 heteroatoms. The van der Waals surface area contributed by atoms with Crippen LogP contribution in [0.4, 0.5) is 17.5 Å². The first-order valence-electron chi connectivity index (χ1n) is 9.98. The van der Waals surface area contributed by atoms with Gasteiger partial charge in [-0.3, -0.25) is 19.4 Å². The minimum absolute atomic E-state index is 0.0227. The molecule has 2 atom stereocenters. The summed E-state index contributed by atoms with van der Waals surface area (Å²) >= 11 is 0. The highest BCUT2D eigenvalue weighted by atomic mass is 16.6. The van der Waals surface area contributed by atoms with Crippen molar-refractivity contribution in [3.8, 4) is 0 Å². The number of carbonyl (C=O) groups excluding carboxylic acids is 2. The number of carbonyl (C=O) groups is 2. The number of fused-ring (bicyclic) bond motifs is 1. The van der Waals surface area contributed by atoms with Crippen LogP contribution < -0.4 is 21.5 Å². The molecule has 0 saturated heterocycles. The van der Waals surface area contributed by atoms with Crippen molar-refractivity contribution in [2.45, 2.75) is 67.0 Å². The molecule has 2 heterocycles. The molecule has 0 radical (unpaired) electrons. The third-order valence-corrected chi connectivity index (χ3v) is 4.65. The summed E-state index contributed by atoms with van der Waals surface area (Å²) in [4.78, 5) is 45.2. The minimum Gasteiger partial charge on any atom is -0.461 e. The van der Waals surface area contributed by atoms with Crippen molar-refractivity contribution < 1.29 is 19.1 Å². The number of nitrogen functional groups attached to an aromatic ring is 1. The Kier molecular flexibility index (Phi) is 6.68. The summed E-state index contributed by atoms with van der Waals surface area (Å²) < 4.78 is 11.1. The quantitative estimate of drug-likeness (QED) is 0.585. The second kappa shape index (κ2) is 8.53. The van der Waals surface area contributed by atoms with Crippen LogP contribution in [0.2, 0.25) is 0 Å². The molecule has 1 aromatic rings. The van der Waals surface area contributed by atoms with Crippen molar-refractivity contribution in [2.75, 3.05) is 29.2 Å². The average molecular weight is 424 g/mol. The predicted molar refractivity (Wildman–Crippen MR) is 114 cm³/mol. The standard InChI is InChI=1S/C20H33N5O5/c1-11(25-10-22-13-14(25)23-18(21)24-15(13)26)8-12(30-17(28)20(5,6)7)9-29-16(27)19(2,3)4/h11-12,22H,8-10H2,1-7H3,(H3,21,23,24,26). The van der Waals surface area contributed by atoms with Gasteiger partial charge in [-0.2, -0.15) is 4.98 Å². The van der Waals surface area contributed by atoms with Gasteiger partial charge < -0.3 is 25.4 Å². The monoisotopic (exact) mass is 423 g/mol. The van der Waals surface area contributed by atoms with Crippen LogP contribution in [0, 0.1) is 10.8 Å². The summed E-state index contributed by atoms with van der Waals surface area (Å²) in [6, 6.07) is -0.182. The average Bonchev–Trinajstić information content (AvgIpc) is 3.01. The number of nitrogens with zero attached hydrogens (tertiary/aromatic N) is 2. The molecule has 1 aliphatic rings. The highest BCUT2D eigenvalue weighted by Gasteiger charge is 2.33. The molecule has 0 saturated carbocycles. The van der Waals surface area contributed by atoms with Crippen molar-refractivity contribution in [1.82, 2.24) is 9.97 Å². The summed E-state index contributed by atoms with van der Waals surface area (Å²) in [5, 5.41) is 3.01. The van der Waals surface area contributed by atoms with Crippen LogP contribution in [0.15, 0.2) is 4.79 Å². The Bertz CT molecular complexity index is 853. The van der Waals surface area contributed by atoms with Crippen molar-refractivity contribution >= 4 is 29.4 Å². The van der Waals surface area contributed by atoms with E-state index in [1.807, 2.05) is 11.8 Å². The van der Waals surface area contributed by atoms with Gasteiger partial charge in [0.2, 0.25) is 5.95 Å². The summed E-state index contributed by atoms with van der Waals surface area (Å²) in [5.41, 5.74) is 4.33. The molecule has 0 fully saturated rings. The molecule has 0 amide bonds. The molecule has 10 nitrogen and oxygen atoms in total. The number of ether oxygens (including phenoxy) is 2. The summed E-state index contributed by atoms with van der Waals surface area (Å²) in [5.74, 6) is -0.294. The highest BCUT2D eigenvalue weighted by molar-refractivity contribution is 5.76. The largest absolute Gasteiger partial charge is 0.461 e. The van der Waals surface area contributed by atoms with Gasteiger partial charge in [0.15, 0.2) is 5.82 Å². The van der Waals surface area contributed by atoms with E-state index in [-0.39, 0.29) is 36.1 Å². The molecule has 30 heavy (non-hydrogen) atoms. The lowest BCUT2D eigenvalue weighted by Gasteiger charge is -2.30. The highest BCUT2D eigenvalue weighted by Crippen LogP contribution is 2.29. The van der Waals surface area contributed by atoms with Crippen LogP contribution in [0.1, 0.15) is 54.9 Å². The number of aromatic nitrogens is 2. The molecular weight excluding hydrogens is 390 g/mol. The van der Waals surface area contributed by atoms with Gasteiger partial charge in [0.25, 0.3) is 5.56 Å². The van der Waals surface area contributed by atoms with Crippen molar-refractivity contribution in [1.29, 1.82) is 0 Å². The van der Waals surface area contributed by atoms with Gasteiger partial charge in [-0.05, 0) is 48.5 Å². The van der Waals surface area contributed by atoms with Gasteiger partial charge in [-0.1, -0.05) is 0 Å². The van der Waals surface area contributed by atoms with Crippen LogP contribution in [0.3, 0.4) is 0 Å². The van der Waals surface area contributed by atoms with Crippen LogP contribution >= 0.6 is 0 Å². The second-order valence-electron chi connectivity index (χ2n) is 9.66. The van der Waals surface area contributed by atoms with E-state index in [2.05, 4.69) is 15.3 Å². The summed E-state index contributed by atoms with van der Waals surface area (Å²) in [6.45, 7) is 12.8. The van der Waals surface area contributed by atoms with Gasteiger partial charge >= 0.3 is 11.9 Å². The Morgan fingerprint density at radius 3 is 2.33 bits per heavy atom. The fraction of sp³-hybridized carbons (Fsp3) is 0.700. The van der Waals surface area contributed by atoms with E-state index in [9.17, 15) is 14.4 Å². The van der Waals surface area contributed by atoms with E-state index in [1.165, 1.54) is 0 Å². The van der Waals surface area contributed by atoms with Gasteiger partial charge in [0, 0.05) is 12.5 Å². The topological polar surface area (TPSA) is 140 Å². The van der Waals surface area contributed by atoms with Crippen LogP contribution in [0.25, 0.3) is 0 Å². The predicted octanol–water partition coefficient (Wildman–Crippen LogP) is 1.87. The zero-order chi connectivity index (χ0) is 22.9. The Morgan fingerprint density at radius 1 is 1.17 bits per heavy atom. The van der Waals surface area contributed by atoms with E-state index in [1.54, 1.807) is 41.5 Å². The van der Waals surface area contributed by atoms with Crippen molar-refractivity contribution in [2.24, 2.45) is 10.8 Å². The third kappa shape index (κ3) is 5.64. The summed E-state index contributed by atoms with van der Waals surface area (Å²) in [6.07, 6.45) is -0.282. The molecule has 1 aliphatic heterocycles. The summed E-state index contributed by atoms with van der Waals surface area (Å²) in [7, 11) is 0. The Labute approximate surface area is 176 Å². The normalized spacial score (nSPS) is 15.8. The molecule has 0 aromatic carbocycles. The van der Waals surface area contributed by atoms with E-state index in [0.29, 0.717) is 24.6 Å². The second-order valence-corrected chi connectivity index (χ2v) is 9.66. The Balaban J connectivity index is 2.16. The zero-order valence-corrected chi connectivity index (χ0v) is 18.8. The van der Waals surface area contributed by atoms with E-state index < -0.39 is 16.9 Å². The third-order valence-electron chi connectivity index (χ3n) is 4.65. The van der Waals surface area contributed by atoms with Crippen LogP contribution in [-0.2, 0) is 19.1 Å². The first-order chi connectivity index (χ1) is 13.7. The molecule has 0 bridgehead atoms. The number of aromatic amines is 1. The maximum Gasteiger partial charge on any atom is 0.311 e. The van der Waals surface area contributed by atoms with Gasteiger partial charge in [-0.25, -0.2) is 0 Å². The fourth-order valence-corrected chi connectivity index (χ4v) is 2.82. The van der Waals surface area contributed by atoms with Crippen LogP contribution in [-0.4, -0.2) is 47.3 Å². The lowest BCUT2D eigenvalue weighted by atomic mass is 9.97. The van der Waals surface area contributed by atoms with Crippen molar-refractivity contribution in [3.63, 3.8) is 0 Å². The lowest BCUT2D eigenvalue weighted by Crippen LogP contribution is -2.40. The number of H-pyrrole nitrogens is 1. The maximum atomic E-state index is 12.4. The number of rotatable bonds is 6. The molecule has 0 spiro atoms. The number of hydrogen-bond donors (Lipinski definition) is 3. The smallest absolute Gasteiger partial charge is 0.311 e. The molecule has 2 rings (SSSR count). The first kappa shape index (κ1) is 23.5. The SMILES string of the molecule is CC(CC(COC(=O)C(C)(C)C)OC(=O)C(C)(C)C)N1CNc2c1nc(N)[nH]c2=O. The van der Waals surface area contributed by atoms with Gasteiger partial charge in [0.1, 0.15) is 18.4 Å². The number of anilines is 3. The van der Waals surface area contributed by atoms with Crippen molar-refractivity contribution in [3.05, 3.63) is 10.4 Å².